The molecule has 0 amide bonds. The van der Waals surface area contributed by atoms with Crippen LogP contribution in [0.2, 0.25) is 0 Å². The fourth-order valence-corrected chi connectivity index (χ4v) is 7.32. The zero-order chi connectivity index (χ0) is 27.7. The van der Waals surface area contributed by atoms with Gasteiger partial charge in [-0.1, -0.05) is 42.5 Å². The fourth-order valence-electron chi connectivity index (χ4n) is 4.49. The van der Waals surface area contributed by atoms with Crippen molar-refractivity contribution < 1.29 is 17.9 Å². The molecule has 0 aliphatic carbocycles. The highest BCUT2D eigenvalue weighted by atomic mass is 32.2. The maximum Gasteiger partial charge on any atom is 0.274 e. The molecule has 8 nitrogen and oxygen atoms in total. The second-order valence-corrected chi connectivity index (χ2v) is 11.6. The molecule has 1 aliphatic heterocycles. The predicted molar refractivity (Wildman–Crippen MR) is 150 cm³/mol. The Balaban J connectivity index is 1.84. The smallest absolute Gasteiger partial charge is 0.274 e. The van der Waals surface area contributed by atoms with E-state index in [1.54, 1.807) is 79.9 Å². The highest BCUT2D eigenvalue weighted by Gasteiger charge is 2.39. The highest BCUT2D eigenvalue weighted by Crippen LogP contribution is 2.41. The van der Waals surface area contributed by atoms with Crippen LogP contribution < -0.4 is 30.0 Å². The number of rotatable bonds is 6. The summed E-state index contributed by atoms with van der Waals surface area (Å²) in [7, 11) is -1.12. The lowest BCUT2D eigenvalue weighted by Gasteiger charge is -2.26. The first-order valence-corrected chi connectivity index (χ1v) is 14.1. The first-order valence-electron chi connectivity index (χ1n) is 11.8. The number of methoxy groups -OCH3 is 2. The van der Waals surface area contributed by atoms with Crippen molar-refractivity contribution in [2.75, 3.05) is 14.2 Å². The quantitative estimate of drug-likeness (QED) is 0.387. The largest absolute Gasteiger partial charge is 0.497 e. The monoisotopic (exact) mass is 557 g/mol. The Bertz CT molecular complexity index is 1920. The second-order valence-electron chi connectivity index (χ2n) is 8.63. The van der Waals surface area contributed by atoms with Crippen molar-refractivity contribution in [1.29, 1.82) is 5.26 Å². The van der Waals surface area contributed by atoms with E-state index >= 15 is 0 Å². The van der Waals surface area contributed by atoms with E-state index in [2.05, 4.69) is 6.07 Å². The van der Waals surface area contributed by atoms with Crippen molar-refractivity contribution in [2.24, 2.45) is 5.73 Å². The summed E-state index contributed by atoms with van der Waals surface area (Å²) in [5.41, 5.74) is 7.41. The highest BCUT2D eigenvalue weighted by molar-refractivity contribution is 7.95. The molecule has 10 heteroatoms. The molecule has 0 bridgehead atoms. The maximum absolute atomic E-state index is 14.0. The number of sulfone groups is 1. The third-order valence-electron chi connectivity index (χ3n) is 6.42. The Morgan fingerprint density at radius 2 is 1.54 bits per heavy atom. The van der Waals surface area contributed by atoms with Crippen LogP contribution in [0.4, 0.5) is 0 Å². The molecule has 1 atom stereocenters. The van der Waals surface area contributed by atoms with Gasteiger partial charge in [-0.25, -0.2) is 8.42 Å². The number of hydrogen-bond acceptors (Lipinski definition) is 8. The molecular weight excluding hydrogens is 534 g/mol. The Hall–Kier alpha value is -4.59. The number of aromatic nitrogens is 1. The maximum atomic E-state index is 14.0. The average Bonchev–Trinajstić information content (AvgIpc) is 3.29. The topological polar surface area (TPSA) is 124 Å². The van der Waals surface area contributed by atoms with Crippen LogP contribution in [0.3, 0.4) is 0 Å². The van der Waals surface area contributed by atoms with Crippen LogP contribution >= 0.6 is 11.3 Å². The molecule has 3 aromatic carbocycles. The molecule has 1 unspecified atom stereocenters. The average molecular weight is 558 g/mol. The lowest BCUT2D eigenvalue weighted by Crippen LogP contribution is -2.39. The normalized spacial score (nSPS) is 15.6. The van der Waals surface area contributed by atoms with Gasteiger partial charge in [0.05, 0.1) is 41.2 Å². The van der Waals surface area contributed by atoms with Gasteiger partial charge in [-0.15, -0.1) is 11.3 Å². The number of benzene rings is 3. The summed E-state index contributed by atoms with van der Waals surface area (Å²) in [5.74, 6) is -0.0242. The summed E-state index contributed by atoms with van der Waals surface area (Å²) >= 11 is 1.09. The summed E-state index contributed by atoms with van der Waals surface area (Å²) in [4.78, 5) is 13.4. The first-order chi connectivity index (χ1) is 18.8. The Morgan fingerprint density at radius 1 is 0.949 bits per heavy atom. The Kier molecular flexibility index (Phi) is 6.87. The fraction of sp³-hybridized carbons (Fsp3) is 0.103. The standard InChI is InChI=1S/C29H23N3O5S2/c1-36-20-12-8-18(9-13-20)16-24-28(33)32-27(31)26(39(34,35)22-6-4-3-5-7-22)25(23(17-30)29(32)38-24)19-10-14-21(37-2)15-11-19/h3-16,25H,31H2,1-2H3. The molecule has 0 spiro atoms. The number of nitrogens with zero attached hydrogens (tertiary/aromatic N) is 2. The molecule has 4 aromatic rings. The molecule has 0 saturated heterocycles. The Morgan fingerprint density at radius 3 is 2.10 bits per heavy atom. The summed E-state index contributed by atoms with van der Waals surface area (Å²) in [6.45, 7) is 0. The van der Waals surface area contributed by atoms with Gasteiger partial charge in [0.25, 0.3) is 5.56 Å². The van der Waals surface area contributed by atoms with E-state index in [4.69, 9.17) is 15.2 Å². The van der Waals surface area contributed by atoms with Crippen LogP contribution in [0.1, 0.15) is 17.0 Å². The minimum atomic E-state index is -4.21. The molecule has 0 fully saturated rings. The van der Waals surface area contributed by atoms with E-state index in [1.165, 1.54) is 19.2 Å². The number of fused-ring (bicyclic) bond motifs is 1. The third-order valence-corrected chi connectivity index (χ3v) is 9.45. The number of hydrogen-bond donors (Lipinski definition) is 1. The minimum absolute atomic E-state index is 0.00972. The predicted octanol–water partition coefficient (Wildman–Crippen LogP) is 2.79. The van der Waals surface area contributed by atoms with E-state index in [0.29, 0.717) is 21.6 Å². The van der Waals surface area contributed by atoms with Gasteiger partial charge in [0, 0.05) is 0 Å². The van der Waals surface area contributed by atoms with E-state index in [9.17, 15) is 18.5 Å². The molecule has 1 aromatic heterocycles. The zero-order valence-electron chi connectivity index (χ0n) is 21.0. The van der Waals surface area contributed by atoms with Gasteiger partial charge in [0.1, 0.15) is 26.9 Å². The molecule has 196 valence electrons. The first kappa shape index (κ1) is 26.0. The van der Waals surface area contributed by atoms with E-state index in [0.717, 1.165) is 21.5 Å². The molecule has 2 N–H and O–H groups in total. The lowest BCUT2D eigenvalue weighted by molar-refractivity contribution is 0.414. The van der Waals surface area contributed by atoms with Crippen LogP contribution in [0, 0.1) is 11.3 Å². The molecule has 5 rings (SSSR count). The molecular formula is C29H23N3O5S2. The molecule has 39 heavy (non-hydrogen) atoms. The molecule has 0 radical (unpaired) electrons. The summed E-state index contributed by atoms with van der Waals surface area (Å²) in [6.07, 6.45) is 1.67. The lowest BCUT2D eigenvalue weighted by atomic mass is 9.90. The van der Waals surface area contributed by atoms with E-state index in [1.807, 2.05) is 0 Å². The van der Waals surface area contributed by atoms with E-state index < -0.39 is 21.3 Å². The number of allylic oxidation sites excluding steroid dienone is 1. The van der Waals surface area contributed by atoms with Crippen LogP contribution in [0.25, 0.3) is 17.5 Å². The minimum Gasteiger partial charge on any atom is -0.497 e. The Labute approximate surface area is 228 Å². The SMILES string of the molecule is COc1ccc(C=c2sc3n(c2=O)C(N)=C(S(=O)(=O)c2ccccc2)C(c2ccc(OC)cc2)C=3C#N)cc1. The van der Waals surface area contributed by atoms with Crippen molar-refractivity contribution in [2.45, 2.75) is 10.8 Å². The van der Waals surface area contributed by atoms with Crippen LogP contribution in [-0.2, 0) is 9.84 Å². The number of nitrogens with two attached hydrogens (primary N) is 1. The van der Waals surface area contributed by atoms with Crippen LogP contribution in [-0.4, -0.2) is 27.2 Å². The summed E-state index contributed by atoms with van der Waals surface area (Å²) in [5, 5.41) is 10.4. The van der Waals surface area contributed by atoms with Crippen molar-refractivity contribution in [3.63, 3.8) is 0 Å². The van der Waals surface area contributed by atoms with E-state index in [-0.39, 0.29) is 25.9 Å². The summed E-state index contributed by atoms with van der Waals surface area (Å²) < 4.78 is 40.2. The van der Waals surface area contributed by atoms with Gasteiger partial charge >= 0.3 is 0 Å². The van der Waals surface area contributed by atoms with Crippen molar-refractivity contribution >= 4 is 38.6 Å². The molecule has 0 saturated carbocycles. The molecule has 1 aliphatic rings. The van der Waals surface area contributed by atoms with Gasteiger partial charge in [0.15, 0.2) is 0 Å². The van der Waals surface area contributed by atoms with Gasteiger partial charge in [-0.3, -0.25) is 9.36 Å². The van der Waals surface area contributed by atoms with Gasteiger partial charge in [0.2, 0.25) is 9.84 Å². The van der Waals surface area contributed by atoms with Crippen molar-refractivity contribution in [3.8, 4) is 17.6 Å². The van der Waals surface area contributed by atoms with Crippen molar-refractivity contribution in [3.05, 3.63) is 114 Å². The van der Waals surface area contributed by atoms with Gasteiger partial charge in [-0.2, -0.15) is 5.26 Å². The molecule has 2 heterocycles. The van der Waals surface area contributed by atoms with Crippen molar-refractivity contribution in [1.82, 2.24) is 4.57 Å². The number of ether oxygens (including phenoxy) is 2. The zero-order valence-corrected chi connectivity index (χ0v) is 22.6. The van der Waals surface area contributed by atoms with Gasteiger partial charge in [-0.05, 0) is 53.6 Å². The summed E-state index contributed by atoms with van der Waals surface area (Å²) in [6, 6.07) is 23.9. The number of thiazole rings is 1. The third kappa shape index (κ3) is 4.52. The van der Waals surface area contributed by atoms with Gasteiger partial charge < -0.3 is 15.2 Å². The van der Waals surface area contributed by atoms with Crippen LogP contribution in [0.15, 0.2) is 93.5 Å². The second kappa shape index (κ2) is 10.3. The van der Waals surface area contributed by atoms with Crippen LogP contribution in [0.5, 0.6) is 11.5 Å². The number of nitriles is 1.